The first-order chi connectivity index (χ1) is 9.22. The largest absolute Gasteiger partial charge is 0.377 e. The van der Waals surface area contributed by atoms with Gasteiger partial charge in [-0.3, -0.25) is 4.68 Å². The average molecular weight is 279 g/mol. The summed E-state index contributed by atoms with van der Waals surface area (Å²) in [7, 11) is 0. The first-order valence-corrected chi connectivity index (χ1v) is 6.85. The first-order valence-electron chi connectivity index (χ1n) is 6.47. The fourth-order valence-corrected chi connectivity index (χ4v) is 2.06. The number of benzene rings is 1. The predicted molar refractivity (Wildman–Crippen MR) is 79.4 cm³/mol. The van der Waals surface area contributed by atoms with Crippen molar-refractivity contribution < 1.29 is 0 Å². The minimum absolute atomic E-state index is 0.0618. The number of halogens is 1. The summed E-state index contributed by atoms with van der Waals surface area (Å²) < 4.78 is 1.95. The van der Waals surface area contributed by atoms with E-state index in [0.29, 0.717) is 6.54 Å². The predicted octanol–water partition coefficient (Wildman–Crippen LogP) is 3.06. The summed E-state index contributed by atoms with van der Waals surface area (Å²) in [6.07, 6.45) is 4.99. The molecule has 0 aliphatic carbocycles. The molecule has 0 saturated carbocycles. The molecular weight excluding hydrogens is 260 g/mol. The van der Waals surface area contributed by atoms with E-state index < -0.39 is 0 Å². The lowest BCUT2D eigenvalue weighted by atomic mass is 10.1. The summed E-state index contributed by atoms with van der Waals surface area (Å²) >= 11 is 5.87. The van der Waals surface area contributed by atoms with Crippen molar-refractivity contribution in [3.8, 4) is 0 Å². The Balaban J connectivity index is 2.08. The highest BCUT2D eigenvalue weighted by Gasteiger charge is 2.11. The smallest absolute Gasteiger partial charge is 0.0667 e. The fourth-order valence-electron chi connectivity index (χ4n) is 1.94. The zero-order valence-electron chi connectivity index (χ0n) is 11.0. The van der Waals surface area contributed by atoms with Crippen LogP contribution in [0, 0.1) is 0 Å². The van der Waals surface area contributed by atoms with Crippen LogP contribution >= 0.6 is 11.6 Å². The van der Waals surface area contributed by atoms with Crippen molar-refractivity contribution in [3.05, 3.63) is 47.2 Å². The van der Waals surface area contributed by atoms with E-state index in [0.717, 1.165) is 29.2 Å². The summed E-state index contributed by atoms with van der Waals surface area (Å²) in [4.78, 5) is 0. The Kier molecular flexibility index (Phi) is 4.82. The molecule has 102 valence electrons. The molecule has 1 heterocycles. The van der Waals surface area contributed by atoms with Gasteiger partial charge in [-0.1, -0.05) is 18.5 Å². The van der Waals surface area contributed by atoms with Crippen molar-refractivity contribution in [1.29, 1.82) is 0 Å². The molecule has 4 nitrogen and oxygen atoms in total. The van der Waals surface area contributed by atoms with Gasteiger partial charge < -0.3 is 11.1 Å². The molecule has 0 fully saturated rings. The Bertz CT molecular complexity index is 506. The molecule has 1 aromatic heterocycles. The van der Waals surface area contributed by atoms with Gasteiger partial charge in [0.1, 0.15) is 0 Å². The highest BCUT2D eigenvalue weighted by molar-refractivity contribution is 6.30. The number of nitrogens with zero attached hydrogens (tertiary/aromatic N) is 2. The summed E-state index contributed by atoms with van der Waals surface area (Å²) in [5, 5.41) is 8.45. The molecule has 0 saturated heterocycles. The van der Waals surface area contributed by atoms with Crippen molar-refractivity contribution in [2.75, 3.05) is 11.9 Å². The topological polar surface area (TPSA) is 55.9 Å². The summed E-state index contributed by atoms with van der Waals surface area (Å²) in [5.74, 6) is 0. The minimum atomic E-state index is 0.0618. The second kappa shape index (κ2) is 6.59. The SMILES string of the molecule is CCCn1cc(C(CN)Nc2ccc(Cl)cc2)cn1. The molecule has 1 unspecified atom stereocenters. The van der Waals surface area contributed by atoms with Crippen LogP contribution in [-0.4, -0.2) is 16.3 Å². The Labute approximate surface area is 118 Å². The van der Waals surface area contributed by atoms with Crippen LogP contribution in [0.2, 0.25) is 5.02 Å². The maximum atomic E-state index is 5.87. The molecule has 2 rings (SSSR count). The van der Waals surface area contributed by atoms with E-state index in [1.807, 2.05) is 41.3 Å². The average Bonchev–Trinajstić information content (AvgIpc) is 2.87. The van der Waals surface area contributed by atoms with Crippen LogP contribution in [0.3, 0.4) is 0 Å². The summed E-state index contributed by atoms with van der Waals surface area (Å²) in [5.41, 5.74) is 7.95. The van der Waals surface area contributed by atoms with E-state index in [2.05, 4.69) is 17.3 Å². The number of aromatic nitrogens is 2. The van der Waals surface area contributed by atoms with E-state index >= 15 is 0 Å². The van der Waals surface area contributed by atoms with Crippen molar-refractivity contribution in [1.82, 2.24) is 9.78 Å². The maximum Gasteiger partial charge on any atom is 0.0667 e. The molecule has 1 atom stereocenters. The molecule has 0 aliphatic rings. The summed E-state index contributed by atoms with van der Waals surface area (Å²) in [6.45, 7) is 3.58. The van der Waals surface area contributed by atoms with Crippen LogP contribution in [0.25, 0.3) is 0 Å². The number of nitrogens with two attached hydrogens (primary N) is 1. The van der Waals surface area contributed by atoms with Gasteiger partial charge in [-0.15, -0.1) is 0 Å². The third-order valence-electron chi connectivity index (χ3n) is 2.93. The lowest BCUT2D eigenvalue weighted by molar-refractivity contribution is 0.601. The van der Waals surface area contributed by atoms with Crippen LogP contribution in [0.15, 0.2) is 36.7 Å². The van der Waals surface area contributed by atoms with E-state index in [9.17, 15) is 0 Å². The lowest BCUT2D eigenvalue weighted by Crippen LogP contribution is -2.20. The molecule has 1 aromatic carbocycles. The van der Waals surface area contributed by atoms with Gasteiger partial charge in [-0.25, -0.2) is 0 Å². The molecule has 19 heavy (non-hydrogen) atoms. The third kappa shape index (κ3) is 3.72. The molecule has 3 N–H and O–H groups in total. The van der Waals surface area contributed by atoms with Crippen molar-refractivity contribution in [2.24, 2.45) is 5.73 Å². The Hall–Kier alpha value is -1.52. The maximum absolute atomic E-state index is 5.87. The quantitative estimate of drug-likeness (QED) is 0.854. The van der Waals surface area contributed by atoms with Gasteiger partial charge in [0.15, 0.2) is 0 Å². The molecule has 0 spiro atoms. The Morgan fingerprint density at radius 2 is 2.11 bits per heavy atom. The zero-order chi connectivity index (χ0) is 13.7. The zero-order valence-corrected chi connectivity index (χ0v) is 11.8. The number of hydrogen-bond donors (Lipinski definition) is 2. The number of anilines is 1. The van der Waals surface area contributed by atoms with Crippen LogP contribution < -0.4 is 11.1 Å². The van der Waals surface area contributed by atoms with Crippen LogP contribution in [-0.2, 0) is 6.54 Å². The van der Waals surface area contributed by atoms with Gasteiger partial charge in [0.2, 0.25) is 0 Å². The number of nitrogens with one attached hydrogen (secondary N) is 1. The van der Waals surface area contributed by atoms with Gasteiger partial charge in [-0.2, -0.15) is 5.10 Å². The molecule has 0 radical (unpaired) electrons. The molecule has 0 bridgehead atoms. The van der Waals surface area contributed by atoms with Crippen LogP contribution in [0.5, 0.6) is 0 Å². The van der Waals surface area contributed by atoms with E-state index in [4.69, 9.17) is 17.3 Å². The third-order valence-corrected chi connectivity index (χ3v) is 3.18. The van der Waals surface area contributed by atoms with Gasteiger partial charge in [0.05, 0.1) is 12.2 Å². The second-order valence-electron chi connectivity index (χ2n) is 4.48. The van der Waals surface area contributed by atoms with Gasteiger partial charge >= 0.3 is 0 Å². The normalized spacial score (nSPS) is 12.4. The molecule has 5 heteroatoms. The van der Waals surface area contributed by atoms with E-state index in [1.165, 1.54) is 0 Å². The second-order valence-corrected chi connectivity index (χ2v) is 4.91. The monoisotopic (exact) mass is 278 g/mol. The minimum Gasteiger partial charge on any atom is -0.377 e. The van der Waals surface area contributed by atoms with E-state index in [-0.39, 0.29) is 6.04 Å². The molecular formula is C14H19ClN4. The highest BCUT2D eigenvalue weighted by atomic mass is 35.5. The van der Waals surface area contributed by atoms with Crippen LogP contribution in [0.1, 0.15) is 24.9 Å². The van der Waals surface area contributed by atoms with Crippen LogP contribution in [0.4, 0.5) is 5.69 Å². The Morgan fingerprint density at radius 3 is 2.74 bits per heavy atom. The van der Waals surface area contributed by atoms with Gasteiger partial charge in [0, 0.05) is 35.6 Å². The van der Waals surface area contributed by atoms with Crippen molar-refractivity contribution >= 4 is 17.3 Å². The lowest BCUT2D eigenvalue weighted by Gasteiger charge is -2.16. The molecule has 0 amide bonds. The van der Waals surface area contributed by atoms with Gasteiger partial charge in [0.25, 0.3) is 0 Å². The fraction of sp³-hybridized carbons (Fsp3) is 0.357. The number of hydrogen-bond acceptors (Lipinski definition) is 3. The van der Waals surface area contributed by atoms with E-state index in [1.54, 1.807) is 0 Å². The molecule has 2 aromatic rings. The standard InChI is InChI=1S/C14H19ClN4/c1-2-7-19-10-11(9-17-19)14(8-16)18-13-5-3-12(15)4-6-13/h3-6,9-10,14,18H,2,7-8,16H2,1H3. The molecule has 0 aliphatic heterocycles. The van der Waals surface area contributed by atoms with Crippen molar-refractivity contribution in [3.63, 3.8) is 0 Å². The first kappa shape index (κ1) is 13.9. The highest BCUT2D eigenvalue weighted by Crippen LogP contribution is 2.20. The Morgan fingerprint density at radius 1 is 1.37 bits per heavy atom. The van der Waals surface area contributed by atoms with Gasteiger partial charge in [-0.05, 0) is 30.7 Å². The number of aryl methyl sites for hydroxylation is 1. The van der Waals surface area contributed by atoms with Crippen molar-refractivity contribution in [2.45, 2.75) is 25.9 Å². The number of rotatable bonds is 6. The summed E-state index contributed by atoms with van der Waals surface area (Å²) in [6, 6.07) is 7.67.